The van der Waals surface area contributed by atoms with E-state index in [0.29, 0.717) is 13.1 Å². The third-order valence-electron chi connectivity index (χ3n) is 4.42. The number of hydrogen-bond donors (Lipinski definition) is 3. The zero-order valence-corrected chi connectivity index (χ0v) is 14.5. The fraction of sp³-hybridized carbons (Fsp3) is 0.667. The number of hydrogen-bond acceptors (Lipinski definition) is 3. The minimum atomic E-state index is 0.00832. The smallest absolute Gasteiger partial charge is 0.195 e. The molecule has 0 saturated heterocycles. The second kappa shape index (κ2) is 8.87. The largest absolute Gasteiger partial charge is 0.356 e. The van der Waals surface area contributed by atoms with Crippen molar-refractivity contribution in [1.82, 2.24) is 10.3 Å². The van der Waals surface area contributed by atoms with E-state index in [1.54, 1.807) is 6.20 Å². The van der Waals surface area contributed by atoms with Crippen molar-refractivity contribution in [3.8, 4) is 0 Å². The highest BCUT2D eigenvalue weighted by atomic mass is 15.2. The number of aromatic nitrogens is 1. The van der Waals surface area contributed by atoms with Gasteiger partial charge in [-0.05, 0) is 42.9 Å². The maximum absolute atomic E-state index is 5.82. The van der Waals surface area contributed by atoms with Crippen molar-refractivity contribution < 1.29 is 0 Å². The molecule has 2 rings (SSSR count). The van der Waals surface area contributed by atoms with Gasteiger partial charge in [-0.15, -0.1) is 0 Å². The van der Waals surface area contributed by atoms with Gasteiger partial charge in [0.05, 0.1) is 11.9 Å². The number of nitrogens with two attached hydrogens (primary N) is 1. The first-order valence-corrected chi connectivity index (χ1v) is 8.74. The van der Waals surface area contributed by atoms with Gasteiger partial charge >= 0.3 is 0 Å². The molecule has 0 radical (unpaired) electrons. The Hall–Kier alpha value is -1.62. The molecule has 1 aromatic heterocycles. The van der Waals surface area contributed by atoms with Crippen molar-refractivity contribution in [3.63, 3.8) is 0 Å². The molecule has 128 valence electrons. The van der Waals surface area contributed by atoms with Gasteiger partial charge in [0.25, 0.3) is 0 Å². The lowest BCUT2D eigenvalue weighted by atomic mass is 9.89. The highest BCUT2D eigenvalue weighted by Gasteiger charge is 2.17. The normalized spacial score (nSPS) is 17.1. The molecule has 0 spiro atoms. The molecule has 0 bridgehead atoms. The van der Waals surface area contributed by atoms with Gasteiger partial charge in [-0.25, -0.2) is 0 Å². The summed E-state index contributed by atoms with van der Waals surface area (Å²) in [5, 5.41) is 6.86. The van der Waals surface area contributed by atoms with Crippen LogP contribution in [-0.2, 0) is 0 Å². The van der Waals surface area contributed by atoms with Crippen molar-refractivity contribution in [1.29, 1.82) is 0 Å². The number of nitrogens with zero attached hydrogens (tertiary/aromatic N) is 2. The zero-order chi connectivity index (χ0) is 16.5. The summed E-state index contributed by atoms with van der Waals surface area (Å²) in [6.45, 7) is 6.58. The molecule has 5 nitrogen and oxygen atoms in total. The minimum absolute atomic E-state index is 0.00832. The quantitative estimate of drug-likeness (QED) is 0.557. The van der Waals surface area contributed by atoms with Crippen LogP contribution in [0.25, 0.3) is 0 Å². The molecule has 1 fully saturated rings. The lowest BCUT2D eigenvalue weighted by Crippen LogP contribution is -2.37. The maximum atomic E-state index is 5.82. The van der Waals surface area contributed by atoms with Gasteiger partial charge in [-0.3, -0.25) is 9.98 Å². The van der Waals surface area contributed by atoms with Crippen LogP contribution in [0.1, 0.15) is 46.0 Å². The van der Waals surface area contributed by atoms with Crippen LogP contribution in [0.3, 0.4) is 0 Å². The van der Waals surface area contributed by atoms with Gasteiger partial charge in [0.1, 0.15) is 0 Å². The topological polar surface area (TPSA) is 75.3 Å². The van der Waals surface area contributed by atoms with Gasteiger partial charge < -0.3 is 16.4 Å². The molecule has 23 heavy (non-hydrogen) atoms. The molecule has 1 saturated carbocycles. The van der Waals surface area contributed by atoms with E-state index in [9.17, 15) is 0 Å². The van der Waals surface area contributed by atoms with E-state index in [4.69, 9.17) is 10.7 Å². The molecule has 0 aromatic carbocycles. The summed E-state index contributed by atoms with van der Waals surface area (Å²) >= 11 is 0. The Kier molecular flexibility index (Phi) is 6.84. The molecule has 0 unspecified atom stereocenters. The van der Waals surface area contributed by atoms with E-state index in [0.717, 1.165) is 24.1 Å². The summed E-state index contributed by atoms with van der Waals surface area (Å²) in [6.07, 6.45) is 10.3. The first kappa shape index (κ1) is 17.7. The Labute approximate surface area is 140 Å². The standard InChI is InChI=1S/C18H31N5/c1-18(2,13-19)14-22-17(23-16-9-6-10-20-12-16)21-11-15-7-4-3-5-8-15/h6,9-10,12,15H,3-5,7-8,11,13-14,19H2,1-2H3,(H2,21,22,23). The lowest BCUT2D eigenvalue weighted by molar-refractivity contribution is 0.356. The van der Waals surface area contributed by atoms with Crippen LogP contribution < -0.4 is 16.4 Å². The fourth-order valence-corrected chi connectivity index (χ4v) is 2.70. The molecular formula is C18H31N5. The average molecular weight is 317 g/mol. The third kappa shape index (κ3) is 6.57. The molecule has 1 heterocycles. The number of aliphatic imine (C=N–C) groups is 1. The summed E-state index contributed by atoms with van der Waals surface area (Å²) in [5.41, 5.74) is 6.78. The molecule has 0 amide bonds. The number of rotatable bonds is 6. The number of guanidine groups is 1. The van der Waals surface area contributed by atoms with E-state index < -0.39 is 0 Å². The predicted octanol–water partition coefficient (Wildman–Crippen LogP) is 3.00. The SMILES string of the molecule is CC(C)(CN)CN=C(NCC1CCCCC1)Nc1cccnc1. The van der Waals surface area contributed by atoms with Crippen molar-refractivity contribution in [3.05, 3.63) is 24.5 Å². The number of pyridine rings is 1. The average Bonchev–Trinajstić information content (AvgIpc) is 2.59. The third-order valence-corrected chi connectivity index (χ3v) is 4.42. The highest BCUT2D eigenvalue weighted by molar-refractivity contribution is 5.93. The lowest BCUT2D eigenvalue weighted by Gasteiger charge is -2.24. The highest BCUT2D eigenvalue weighted by Crippen LogP contribution is 2.22. The molecule has 0 atom stereocenters. The molecule has 4 N–H and O–H groups in total. The van der Waals surface area contributed by atoms with Crippen molar-refractivity contribution in [2.45, 2.75) is 46.0 Å². The maximum Gasteiger partial charge on any atom is 0.195 e. The molecule has 1 aliphatic rings. The van der Waals surface area contributed by atoms with Crippen LogP contribution in [-0.4, -0.2) is 30.6 Å². The second-order valence-corrected chi connectivity index (χ2v) is 7.28. The van der Waals surface area contributed by atoms with Gasteiger partial charge in [0.15, 0.2) is 5.96 Å². The Balaban J connectivity index is 1.96. The van der Waals surface area contributed by atoms with Crippen molar-refractivity contribution >= 4 is 11.6 Å². The Morgan fingerprint density at radius 1 is 1.35 bits per heavy atom. The Morgan fingerprint density at radius 3 is 2.78 bits per heavy atom. The van der Waals surface area contributed by atoms with Crippen LogP contribution in [0.4, 0.5) is 5.69 Å². The first-order valence-electron chi connectivity index (χ1n) is 8.74. The summed E-state index contributed by atoms with van der Waals surface area (Å²) < 4.78 is 0. The van der Waals surface area contributed by atoms with Gasteiger partial charge in [0.2, 0.25) is 0 Å². The monoisotopic (exact) mass is 317 g/mol. The molecular weight excluding hydrogens is 286 g/mol. The zero-order valence-electron chi connectivity index (χ0n) is 14.5. The molecule has 1 aliphatic carbocycles. The van der Waals surface area contributed by atoms with E-state index in [1.807, 2.05) is 18.3 Å². The minimum Gasteiger partial charge on any atom is -0.356 e. The van der Waals surface area contributed by atoms with Crippen LogP contribution in [0, 0.1) is 11.3 Å². The number of anilines is 1. The van der Waals surface area contributed by atoms with Crippen LogP contribution in [0.15, 0.2) is 29.5 Å². The van der Waals surface area contributed by atoms with E-state index in [1.165, 1.54) is 32.1 Å². The second-order valence-electron chi connectivity index (χ2n) is 7.28. The van der Waals surface area contributed by atoms with Gasteiger partial charge in [0, 0.05) is 19.3 Å². The summed E-state index contributed by atoms with van der Waals surface area (Å²) in [4.78, 5) is 8.88. The van der Waals surface area contributed by atoms with E-state index >= 15 is 0 Å². The van der Waals surface area contributed by atoms with Crippen LogP contribution in [0.2, 0.25) is 0 Å². The summed E-state index contributed by atoms with van der Waals surface area (Å²) in [7, 11) is 0. The Bertz CT molecular complexity index is 477. The van der Waals surface area contributed by atoms with E-state index in [-0.39, 0.29) is 5.41 Å². The van der Waals surface area contributed by atoms with Crippen LogP contribution >= 0.6 is 0 Å². The number of nitrogens with one attached hydrogen (secondary N) is 2. The van der Waals surface area contributed by atoms with Crippen molar-refractivity contribution in [2.24, 2.45) is 22.1 Å². The van der Waals surface area contributed by atoms with Crippen LogP contribution in [0.5, 0.6) is 0 Å². The molecule has 5 heteroatoms. The Morgan fingerprint density at radius 2 is 2.13 bits per heavy atom. The molecule has 1 aromatic rings. The van der Waals surface area contributed by atoms with E-state index in [2.05, 4.69) is 29.5 Å². The summed E-state index contributed by atoms with van der Waals surface area (Å²) in [6, 6.07) is 3.92. The fourth-order valence-electron chi connectivity index (χ4n) is 2.70. The molecule has 0 aliphatic heterocycles. The van der Waals surface area contributed by atoms with Crippen molar-refractivity contribution in [2.75, 3.05) is 25.0 Å². The first-order chi connectivity index (χ1) is 11.1. The summed E-state index contributed by atoms with van der Waals surface area (Å²) in [5.74, 6) is 1.58. The van der Waals surface area contributed by atoms with Gasteiger partial charge in [-0.1, -0.05) is 33.1 Å². The van der Waals surface area contributed by atoms with Gasteiger partial charge in [-0.2, -0.15) is 0 Å². The predicted molar refractivity (Wildman–Crippen MR) is 97.6 cm³/mol.